The first-order valence-electron chi connectivity index (χ1n) is 19.3. The molecule has 302 valence electrons. The second kappa shape index (κ2) is 17.9. The maximum Gasteiger partial charge on any atom is 0.303 e. The molecule has 2 heterocycles. The Morgan fingerprint density at radius 1 is 0.804 bits per heavy atom. The summed E-state index contributed by atoms with van der Waals surface area (Å²) in [6.07, 6.45) is 14.3. The minimum Gasteiger partial charge on any atom is -0.494 e. The number of nitrogens with zero attached hydrogens (tertiary/aromatic N) is 2. The van der Waals surface area contributed by atoms with Crippen LogP contribution in [0.5, 0.6) is 5.75 Å². The second-order valence-corrected chi connectivity index (χ2v) is 18.8. The van der Waals surface area contributed by atoms with Gasteiger partial charge in [0.05, 0.1) is 23.5 Å². The molecule has 0 fully saturated rings. The van der Waals surface area contributed by atoms with Gasteiger partial charge in [-0.2, -0.15) is 21.4 Å². The Bertz CT molecular complexity index is 2270. The fourth-order valence-corrected chi connectivity index (χ4v) is 9.11. The topological polar surface area (TPSA) is 162 Å². The zero-order chi connectivity index (χ0) is 40.7. The van der Waals surface area contributed by atoms with Crippen molar-refractivity contribution in [2.75, 3.05) is 36.1 Å². The molecule has 13 heteroatoms. The van der Waals surface area contributed by atoms with Crippen molar-refractivity contribution in [3.05, 3.63) is 102 Å². The summed E-state index contributed by atoms with van der Waals surface area (Å²) in [5.74, 6) is -0.642. The average Bonchev–Trinajstić information content (AvgIpc) is 3.46. The monoisotopic (exact) mass is 807 g/mol. The van der Waals surface area contributed by atoms with Crippen LogP contribution in [0.15, 0.2) is 90.7 Å². The normalized spacial score (nSPS) is 17.1. The molecule has 0 amide bonds. The van der Waals surface area contributed by atoms with Gasteiger partial charge in [0.1, 0.15) is 12.3 Å². The first-order valence-corrected chi connectivity index (χ1v) is 22.5. The average molecular weight is 808 g/mol. The molecular formula is C43H55N2O9S2+. The van der Waals surface area contributed by atoms with Crippen molar-refractivity contribution in [2.24, 2.45) is 0 Å². The Balaban J connectivity index is 1.40. The molecule has 0 atom stereocenters. The third-order valence-electron chi connectivity index (χ3n) is 10.7. The Morgan fingerprint density at radius 2 is 1.52 bits per heavy atom. The number of aliphatic carboxylic acids is 1. The van der Waals surface area contributed by atoms with E-state index in [0.717, 1.165) is 52.3 Å². The Labute approximate surface area is 331 Å². The maximum absolute atomic E-state index is 11.4. The van der Waals surface area contributed by atoms with Gasteiger partial charge >= 0.3 is 5.97 Å². The lowest BCUT2D eigenvalue weighted by molar-refractivity contribution is -0.438. The largest absolute Gasteiger partial charge is 0.494 e. The van der Waals surface area contributed by atoms with Crippen LogP contribution < -0.4 is 9.64 Å². The van der Waals surface area contributed by atoms with Gasteiger partial charge in [0.25, 0.3) is 20.2 Å². The summed E-state index contributed by atoms with van der Waals surface area (Å²) in [7, 11) is -8.10. The molecule has 0 unspecified atom stereocenters. The standard InChI is InChI=1S/C43H54N2O9S2/c1-42(2)35-31-33(54-28-14-6-9-21-40(46)47)23-25-36(35)44(26-12-15-29-55(48,49)50)38(42)19-7-5-8-20-39-43(3,4)41-34-18-11-10-17-32(34)22-24-37(41)45(39)27-13-16-30-56(51,52)53/h5,7-8,10-11,17-20,22-25,31H,6,9,12-16,21,26-30H2,1-4H3,(H2-,46,47,48,49,50,51,52,53)/p+1. The lowest BCUT2D eigenvalue weighted by Gasteiger charge is -2.27. The van der Waals surface area contributed by atoms with Crippen LogP contribution in [-0.4, -0.2) is 78.5 Å². The fraction of sp³-hybridized carbons (Fsp3) is 0.442. The smallest absolute Gasteiger partial charge is 0.303 e. The van der Waals surface area contributed by atoms with E-state index in [1.807, 2.05) is 48.6 Å². The van der Waals surface area contributed by atoms with Gasteiger partial charge in [-0.15, -0.1) is 0 Å². The van der Waals surface area contributed by atoms with E-state index in [0.29, 0.717) is 51.8 Å². The highest BCUT2D eigenvalue weighted by Gasteiger charge is 2.45. The Kier molecular flexibility index (Phi) is 13.7. The minimum atomic E-state index is -4.06. The predicted molar refractivity (Wildman–Crippen MR) is 223 cm³/mol. The lowest BCUT2D eigenvalue weighted by atomic mass is 9.79. The number of anilines is 1. The number of benzene rings is 3. The molecule has 2 aliphatic rings. The molecule has 2 aliphatic heterocycles. The van der Waals surface area contributed by atoms with E-state index in [1.54, 1.807) is 0 Å². The van der Waals surface area contributed by atoms with Crippen molar-refractivity contribution in [3.8, 4) is 5.75 Å². The summed E-state index contributed by atoms with van der Waals surface area (Å²) >= 11 is 0. The molecule has 0 radical (unpaired) electrons. The Hall–Kier alpha value is -4.30. The number of carboxylic acid groups (broad SMARTS) is 1. The molecular weight excluding hydrogens is 753 g/mol. The van der Waals surface area contributed by atoms with Gasteiger partial charge in [-0.1, -0.05) is 56.3 Å². The molecule has 0 saturated carbocycles. The van der Waals surface area contributed by atoms with E-state index in [-0.39, 0.29) is 23.3 Å². The van der Waals surface area contributed by atoms with Crippen LogP contribution in [0.2, 0.25) is 0 Å². The third-order valence-corrected chi connectivity index (χ3v) is 12.3. The molecule has 3 N–H and O–H groups in total. The van der Waals surface area contributed by atoms with Crippen LogP contribution in [0.4, 0.5) is 11.4 Å². The van der Waals surface area contributed by atoms with Crippen molar-refractivity contribution in [2.45, 2.75) is 89.9 Å². The van der Waals surface area contributed by atoms with Crippen molar-refractivity contribution in [3.63, 3.8) is 0 Å². The molecule has 0 spiro atoms. The molecule has 11 nitrogen and oxygen atoms in total. The summed E-state index contributed by atoms with van der Waals surface area (Å²) in [5.41, 5.74) is 5.72. The number of fused-ring (bicyclic) bond motifs is 4. The highest BCUT2D eigenvalue weighted by Crippen LogP contribution is 2.49. The number of hydrogen-bond donors (Lipinski definition) is 3. The van der Waals surface area contributed by atoms with Crippen LogP contribution in [0.3, 0.4) is 0 Å². The van der Waals surface area contributed by atoms with E-state index in [9.17, 15) is 30.7 Å². The molecule has 56 heavy (non-hydrogen) atoms. The van der Waals surface area contributed by atoms with Crippen molar-refractivity contribution in [1.29, 1.82) is 0 Å². The van der Waals surface area contributed by atoms with Gasteiger partial charge in [-0.05, 0) is 99.0 Å². The van der Waals surface area contributed by atoms with E-state index < -0.39 is 31.6 Å². The molecule has 0 saturated heterocycles. The first kappa shape index (κ1) is 42.8. The Morgan fingerprint density at radius 3 is 2.23 bits per heavy atom. The van der Waals surface area contributed by atoms with Crippen LogP contribution in [0, 0.1) is 0 Å². The van der Waals surface area contributed by atoms with E-state index >= 15 is 0 Å². The summed E-state index contributed by atoms with van der Waals surface area (Å²) in [4.78, 5) is 13.0. The van der Waals surface area contributed by atoms with Gasteiger partial charge in [-0.25, -0.2) is 0 Å². The first-order chi connectivity index (χ1) is 26.4. The molecule has 0 aliphatic carbocycles. The summed E-state index contributed by atoms with van der Waals surface area (Å²) in [6, 6.07) is 18.6. The number of rotatable bonds is 20. The number of hydrogen-bond acceptors (Lipinski definition) is 7. The molecule has 3 aromatic carbocycles. The molecule has 5 rings (SSSR count). The number of unbranched alkanes of at least 4 members (excludes halogenated alkanes) is 4. The van der Waals surface area contributed by atoms with Gasteiger partial charge < -0.3 is 14.7 Å². The van der Waals surface area contributed by atoms with Crippen molar-refractivity contribution < 1.29 is 45.2 Å². The van der Waals surface area contributed by atoms with Gasteiger partial charge in [0.15, 0.2) is 5.71 Å². The van der Waals surface area contributed by atoms with Crippen LogP contribution in [-0.2, 0) is 35.9 Å². The van der Waals surface area contributed by atoms with Gasteiger partial charge in [0.2, 0.25) is 5.69 Å². The third kappa shape index (κ3) is 10.6. The quantitative estimate of drug-likeness (QED) is 0.0438. The SMILES string of the molecule is CC1(C)C(/C=C/C=C/C=C2/N(CCCCS(=O)(=O)O)c3ccc(OCCCCCC(=O)O)cc3C2(C)C)=[N+](CCCCS(=O)(=O)O)c2ccc3ccccc3c21. The van der Waals surface area contributed by atoms with Crippen LogP contribution in [0.1, 0.15) is 90.2 Å². The minimum absolute atomic E-state index is 0.149. The van der Waals surface area contributed by atoms with Crippen molar-refractivity contribution in [1.82, 2.24) is 0 Å². The number of ether oxygens (including phenoxy) is 1. The van der Waals surface area contributed by atoms with Crippen molar-refractivity contribution >= 4 is 54.1 Å². The summed E-state index contributed by atoms with van der Waals surface area (Å²) < 4.78 is 72.6. The lowest BCUT2D eigenvalue weighted by Crippen LogP contribution is -2.28. The number of carbonyl (C=O) groups is 1. The van der Waals surface area contributed by atoms with Crippen LogP contribution >= 0.6 is 0 Å². The van der Waals surface area contributed by atoms with Gasteiger partial charge in [0, 0.05) is 53.9 Å². The number of allylic oxidation sites excluding steroid dienone is 6. The highest BCUT2D eigenvalue weighted by molar-refractivity contribution is 7.86. The summed E-state index contributed by atoms with van der Waals surface area (Å²) in [6.45, 7) is 10.3. The zero-order valence-electron chi connectivity index (χ0n) is 32.8. The molecule has 3 aromatic rings. The predicted octanol–water partition coefficient (Wildman–Crippen LogP) is 8.37. The highest BCUT2D eigenvalue weighted by atomic mass is 32.2. The molecule has 0 bridgehead atoms. The fourth-order valence-electron chi connectivity index (χ4n) is 7.97. The van der Waals surface area contributed by atoms with E-state index in [2.05, 4.69) is 73.6 Å². The number of carboxylic acids is 1. The second-order valence-electron chi connectivity index (χ2n) is 15.6. The van der Waals surface area contributed by atoms with E-state index in [4.69, 9.17) is 9.84 Å². The zero-order valence-corrected chi connectivity index (χ0v) is 34.4. The maximum atomic E-state index is 11.4. The summed E-state index contributed by atoms with van der Waals surface area (Å²) in [5, 5.41) is 11.2. The van der Waals surface area contributed by atoms with Gasteiger partial charge in [-0.3, -0.25) is 13.9 Å². The van der Waals surface area contributed by atoms with E-state index in [1.165, 1.54) is 10.9 Å². The molecule has 0 aromatic heterocycles. The van der Waals surface area contributed by atoms with Crippen LogP contribution in [0.25, 0.3) is 10.8 Å².